The van der Waals surface area contributed by atoms with Gasteiger partial charge in [-0.2, -0.15) is 0 Å². The van der Waals surface area contributed by atoms with Gasteiger partial charge < -0.3 is 40.9 Å². The lowest BCUT2D eigenvalue weighted by Crippen LogP contribution is -2.51. The van der Waals surface area contributed by atoms with E-state index in [9.17, 15) is 38.4 Å². The van der Waals surface area contributed by atoms with Gasteiger partial charge in [-0.15, -0.1) is 0 Å². The molecule has 0 saturated carbocycles. The number of hydrogen-bond donors (Lipinski definition) is 4. The summed E-state index contributed by atoms with van der Waals surface area (Å²) in [5.41, 5.74) is 12.9. The van der Waals surface area contributed by atoms with Crippen molar-refractivity contribution in [3.63, 3.8) is 0 Å². The topological polar surface area (TPSA) is 198 Å². The highest BCUT2D eigenvalue weighted by Crippen LogP contribution is 2.30. The lowest BCUT2D eigenvalue weighted by atomic mass is 9.93. The number of nitrogens with one attached hydrogen (secondary N) is 4. The molecule has 16 nitrogen and oxygen atoms in total. The van der Waals surface area contributed by atoms with E-state index < -0.39 is 11.8 Å². The zero-order chi connectivity index (χ0) is 54.5. The molecule has 0 bridgehead atoms. The Morgan fingerprint density at radius 1 is 0.351 bits per heavy atom. The number of hydrogen-bond acceptors (Lipinski definition) is 8. The number of nitrogens with zero attached hydrogens (tertiary/aromatic N) is 4. The van der Waals surface area contributed by atoms with Gasteiger partial charge in [0, 0.05) is 78.0 Å². The van der Waals surface area contributed by atoms with Gasteiger partial charge in [0.15, 0.2) is 0 Å². The molecular weight excluding hydrogens is 937 g/mol. The molecule has 4 N–H and O–H groups in total. The highest BCUT2D eigenvalue weighted by Gasteiger charge is 2.24. The normalized spacial score (nSPS) is 10.8. The predicted octanol–water partition coefficient (Wildman–Crippen LogP) is 5.99. The third-order valence-electron chi connectivity index (χ3n) is 12.9. The molecule has 0 unspecified atom stereocenters. The van der Waals surface area contributed by atoms with Gasteiger partial charge in [0.1, 0.15) is 0 Å². The Morgan fingerprint density at radius 2 is 0.581 bits per heavy atom. The van der Waals surface area contributed by atoms with E-state index in [0.29, 0.717) is 0 Å². The van der Waals surface area contributed by atoms with E-state index in [-0.39, 0.29) is 140 Å². The van der Waals surface area contributed by atoms with Crippen LogP contribution in [0.3, 0.4) is 0 Å². The van der Waals surface area contributed by atoms with Crippen LogP contribution >= 0.6 is 0 Å². The first-order valence-corrected chi connectivity index (χ1v) is 25.8. The minimum Gasteiger partial charge on any atom is -0.347 e. The lowest BCUT2D eigenvalue weighted by Gasteiger charge is -2.32. The summed E-state index contributed by atoms with van der Waals surface area (Å²) in [7, 11) is 0. The van der Waals surface area contributed by atoms with Gasteiger partial charge in [0.05, 0.1) is 26.2 Å². The first-order chi connectivity index (χ1) is 35.3. The van der Waals surface area contributed by atoms with Crippen LogP contribution in [0.2, 0.25) is 0 Å². The minimum atomic E-state index is -0.457. The molecule has 0 heterocycles. The largest absolute Gasteiger partial charge is 0.347 e. The fraction of sp³-hybridized carbons (Fsp3) is 0.448. The molecule has 398 valence electrons. The number of carbonyl (C=O) groups is 8. The van der Waals surface area contributed by atoms with Gasteiger partial charge in [-0.1, -0.05) is 112 Å². The van der Waals surface area contributed by atoms with Crippen LogP contribution in [0.5, 0.6) is 0 Å². The fourth-order valence-corrected chi connectivity index (χ4v) is 8.94. The van der Waals surface area contributed by atoms with Crippen LogP contribution in [0, 0.1) is 41.5 Å². The van der Waals surface area contributed by atoms with E-state index in [1.54, 1.807) is 37.5 Å². The number of amides is 8. The number of rotatable bonds is 27. The Morgan fingerprint density at radius 3 is 0.824 bits per heavy atom. The average Bonchev–Trinajstić information content (AvgIpc) is 3.37. The summed E-state index contributed by atoms with van der Waals surface area (Å²) in [6, 6.07) is 24.5. The third-order valence-corrected chi connectivity index (χ3v) is 12.9. The van der Waals surface area contributed by atoms with Crippen LogP contribution in [0.1, 0.15) is 97.9 Å². The molecule has 74 heavy (non-hydrogen) atoms. The second-order valence-corrected chi connectivity index (χ2v) is 18.9. The van der Waals surface area contributed by atoms with Gasteiger partial charge in [0.2, 0.25) is 47.3 Å². The standard InChI is InChI=1S/C58H78N8O8/c1-11-49(67)59-33-53(71)63(25-27-65(55(73)35-61-51(69)13-3)37-45-15-19-47(20-16-45)57-41(7)29-39(5)30-42(57)8)23-24-64(54(72)34-60-50(68)12-2)26-28-66(56(74)36-62-52(70)14-4)38-46-17-21-48(22-18-46)58-43(9)31-40(6)32-44(58)10/h15-22,29-32H,11-14,23-28,33-38H2,1-10H3,(H,59,67)(H,60,68)(H,61,69)(H,62,70). The van der Waals surface area contributed by atoms with E-state index >= 15 is 0 Å². The summed E-state index contributed by atoms with van der Waals surface area (Å²) >= 11 is 0. The molecule has 4 aromatic rings. The van der Waals surface area contributed by atoms with E-state index in [1.165, 1.54) is 20.9 Å². The number of aryl methyl sites for hydroxylation is 6. The second kappa shape index (κ2) is 29.4. The van der Waals surface area contributed by atoms with Gasteiger partial charge in [-0.3, -0.25) is 38.4 Å². The molecular formula is C58H78N8O8. The second-order valence-electron chi connectivity index (χ2n) is 18.9. The van der Waals surface area contributed by atoms with Crippen LogP contribution in [0.25, 0.3) is 22.3 Å². The maximum atomic E-state index is 14.0. The Kier molecular flexibility index (Phi) is 23.5. The average molecular weight is 1020 g/mol. The first kappa shape index (κ1) is 59.2. The third kappa shape index (κ3) is 18.3. The van der Waals surface area contributed by atoms with Crippen molar-refractivity contribution in [3.8, 4) is 22.3 Å². The molecule has 4 rings (SSSR count). The van der Waals surface area contributed by atoms with Gasteiger partial charge in [0.25, 0.3) is 0 Å². The van der Waals surface area contributed by atoms with Gasteiger partial charge in [-0.05, 0) is 97.2 Å². The van der Waals surface area contributed by atoms with E-state index in [0.717, 1.165) is 55.6 Å². The quantitative estimate of drug-likeness (QED) is 0.0559. The molecule has 0 aliphatic carbocycles. The maximum absolute atomic E-state index is 14.0. The van der Waals surface area contributed by atoms with Crippen LogP contribution in [0.15, 0.2) is 72.8 Å². The molecule has 8 amide bonds. The highest BCUT2D eigenvalue weighted by molar-refractivity contribution is 5.87. The molecule has 0 fully saturated rings. The van der Waals surface area contributed by atoms with Crippen molar-refractivity contribution < 1.29 is 38.4 Å². The van der Waals surface area contributed by atoms with Crippen molar-refractivity contribution in [1.82, 2.24) is 40.9 Å². The van der Waals surface area contributed by atoms with Gasteiger partial charge >= 0.3 is 0 Å². The Balaban J connectivity index is 1.62. The van der Waals surface area contributed by atoms with Crippen LogP contribution in [-0.2, 0) is 51.4 Å². The molecule has 0 aromatic heterocycles. The first-order valence-electron chi connectivity index (χ1n) is 25.8. The lowest BCUT2D eigenvalue weighted by molar-refractivity contribution is -0.138. The minimum absolute atomic E-state index is 0.00209. The molecule has 4 aromatic carbocycles. The number of carbonyl (C=O) groups excluding carboxylic acids is 8. The summed E-state index contributed by atoms with van der Waals surface area (Å²) in [4.78, 5) is 111. The Bertz CT molecular complexity index is 2390. The monoisotopic (exact) mass is 1010 g/mol. The highest BCUT2D eigenvalue weighted by atomic mass is 16.2. The van der Waals surface area contributed by atoms with Crippen LogP contribution in [0.4, 0.5) is 0 Å². The van der Waals surface area contributed by atoms with Crippen molar-refractivity contribution in [3.05, 3.63) is 117 Å². The molecule has 0 atom stereocenters. The van der Waals surface area contributed by atoms with Gasteiger partial charge in [-0.25, -0.2) is 0 Å². The van der Waals surface area contributed by atoms with Crippen molar-refractivity contribution in [2.75, 3.05) is 65.4 Å². The summed E-state index contributed by atoms with van der Waals surface area (Å²) in [6.07, 6.45) is 0.691. The number of benzene rings is 4. The summed E-state index contributed by atoms with van der Waals surface area (Å²) in [5, 5.41) is 10.6. The van der Waals surface area contributed by atoms with Crippen LogP contribution in [-0.4, -0.2) is 132 Å². The van der Waals surface area contributed by atoms with Crippen molar-refractivity contribution in [2.45, 2.75) is 108 Å². The van der Waals surface area contributed by atoms with Crippen molar-refractivity contribution >= 4 is 47.3 Å². The summed E-state index contributed by atoms with van der Waals surface area (Å²) in [5.74, 6) is -2.90. The molecule has 16 heteroatoms. The Labute approximate surface area is 438 Å². The fourth-order valence-electron chi connectivity index (χ4n) is 8.94. The van der Waals surface area contributed by atoms with Crippen LogP contribution < -0.4 is 21.3 Å². The summed E-state index contributed by atoms with van der Waals surface area (Å²) in [6.45, 7) is 18.3. The molecule has 0 radical (unpaired) electrons. The van der Waals surface area contributed by atoms with Crippen molar-refractivity contribution in [1.29, 1.82) is 0 Å². The van der Waals surface area contributed by atoms with E-state index in [2.05, 4.69) is 87.1 Å². The molecule has 0 saturated heterocycles. The maximum Gasteiger partial charge on any atom is 0.242 e. The van der Waals surface area contributed by atoms with E-state index in [4.69, 9.17) is 0 Å². The zero-order valence-corrected chi connectivity index (χ0v) is 45.3. The predicted molar refractivity (Wildman–Crippen MR) is 289 cm³/mol. The Hall–Kier alpha value is -7.36. The summed E-state index contributed by atoms with van der Waals surface area (Å²) < 4.78 is 0. The SMILES string of the molecule is CCC(=O)NCC(=O)N(CCN(CCN(Cc1ccc(-c2c(C)cc(C)cc2C)cc1)C(=O)CNC(=O)CC)C(=O)CNC(=O)CC)CCN(Cc1ccc(-c2c(C)cc(C)cc2C)cc1)C(=O)CNC(=O)CC. The smallest absolute Gasteiger partial charge is 0.242 e. The van der Waals surface area contributed by atoms with Crippen molar-refractivity contribution in [2.24, 2.45) is 0 Å². The molecule has 0 aliphatic rings. The van der Waals surface area contributed by atoms with E-state index in [1.807, 2.05) is 48.5 Å². The molecule has 0 aliphatic heterocycles. The zero-order valence-electron chi connectivity index (χ0n) is 45.3. The molecule has 0 spiro atoms.